The molecule has 2 heterocycles. The van der Waals surface area contributed by atoms with Gasteiger partial charge >= 0.3 is 0 Å². The smallest absolute Gasteiger partial charge is 0.255 e. The van der Waals surface area contributed by atoms with Crippen LogP contribution in [0.4, 0.5) is 0 Å². The molecular formula is C25H25N3O5. The molecule has 33 heavy (non-hydrogen) atoms. The average Bonchev–Trinajstić information content (AvgIpc) is 3.48. The number of amides is 1. The number of nitrogens with one attached hydrogen (secondary N) is 1. The Morgan fingerprint density at radius 1 is 1.00 bits per heavy atom. The van der Waals surface area contributed by atoms with Crippen LogP contribution in [0.15, 0.2) is 65.2 Å². The summed E-state index contributed by atoms with van der Waals surface area (Å²) in [5.41, 5.74) is 2.50. The van der Waals surface area contributed by atoms with Gasteiger partial charge in [0.25, 0.3) is 5.91 Å². The number of hydrogen-bond donors (Lipinski definition) is 1. The van der Waals surface area contributed by atoms with Gasteiger partial charge in [0.05, 0.1) is 32.6 Å². The minimum absolute atomic E-state index is 0.253. The van der Waals surface area contributed by atoms with Crippen LogP contribution in [0, 0.1) is 6.92 Å². The van der Waals surface area contributed by atoms with Crippen molar-refractivity contribution in [1.82, 2.24) is 15.1 Å². The Morgan fingerprint density at radius 2 is 1.70 bits per heavy atom. The zero-order valence-electron chi connectivity index (χ0n) is 18.9. The molecule has 0 saturated heterocycles. The number of carbonyl (C=O) groups excluding carboxylic acids is 1. The van der Waals surface area contributed by atoms with E-state index >= 15 is 0 Å². The lowest BCUT2D eigenvalue weighted by molar-refractivity contribution is 0.0951. The van der Waals surface area contributed by atoms with E-state index in [1.165, 1.54) is 0 Å². The van der Waals surface area contributed by atoms with Crippen molar-refractivity contribution in [3.8, 4) is 34.4 Å². The molecule has 0 aliphatic rings. The van der Waals surface area contributed by atoms with Crippen molar-refractivity contribution >= 4 is 5.91 Å². The summed E-state index contributed by atoms with van der Waals surface area (Å²) in [4.78, 5) is 13.2. The van der Waals surface area contributed by atoms with Gasteiger partial charge in [0, 0.05) is 12.7 Å². The molecule has 0 bridgehead atoms. The zero-order chi connectivity index (χ0) is 23.4. The topological polar surface area (TPSA) is 87.8 Å². The number of ether oxygens (including phenoxy) is 3. The minimum atomic E-state index is -0.282. The Labute approximate surface area is 191 Å². The summed E-state index contributed by atoms with van der Waals surface area (Å²) in [5.74, 6) is 2.52. The van der Waals surface area contributed by atoms with Crippen LogP contribution >= 0.6 is 0 Å². The quantitative estimate of drug-likeness (QED) is 0.431. The van der Waals surface area contributed by atoms with E-state index in [0.717, 1.165) is 17.0 Å². The van der Waals surface area contributed by atoms with Crippen LogP contribution in [0.2, 0.25) is 0 Å². The molecule has 8 heteroatoms. The number of rotatable bonds is 8. The standard InChI is InChI=1S/C25H25N3O5/c1-16-10-11-20(33-16)23-19(15-28(27-23)18-8-6-5-7-9-18)25(29)26-14-17-12-21(30-2)24(32-4)22(13-17)31-3/h5-13,15H,14H2,1-4H3,(H,26,29). The van der Waals surface area contributed by atoms with E-state index in [4.69, 9.17) is 18.6 Å². The Balaban J connectivity index is 1.64. The first-order valence-corrected chi connectivity index (χ1v) is 10.3. The van der Waals surface area contributed by atoms with Crippen molar-refractivity contribution < 1.29 is 23.4 Å². The van der Waals surface area contributed by atoms with E-state index in [9.17, 15) is 4.79 Å². The highest BCUT2D eigenvalue weighted by Gasteiger charge is 2.21. The van der Waals surface area contributed by atoms with Gasteiger partial charge in [0.1, 0.15) is 11.5 Å². The van der Waals surface area contributed by atoms with Crippen molar-refractivity contribution in [3.63, 3.8) is 0 Å². The van der Waals surface area contributed by atoms with Gasteiger partial charge in [0.15, 0.2) is 17.3 Å². The van der Waals surface area contributed by atoms with Gasteiger partial charge in [-0.15, -0.1) is 0 Å². The van der Waals surface area contributed by atoms with Crippen molar-refractivity contribution in [2.75, 3.05) is 21.3 Å². The number of hydrogen-bond acceptors (Lipinski definition) is 6. The second-order valence-electron chi connectivity index (χ2n) is 7.30. The van der Waals surface area contributed by atoms with Crippen molar-refractivity contribution in [2.24, 2.45) is 0 Å². The fraction of sp³-hybridized carbons (Fsp3) is 0.200. The number of para-hydroxylation sites is 1. The first kappa shape index (κ1) is 22.0. The van der Waals surface area contributed by atoms with Gasteiger partial charge in [-0.1, -0.05) is 18.2 Å². The van der Waals surface area contributed by atoms with E-state index in [1.807, 2.05) is 49.4 Å². The number of nitrogens with zero attached hydrogens (tertiary/aromatic N) is 2. The summed E-state index contributed by atoms with van der Waals surface area (Å²) >= 11 is 0. The Bertz CT molecular complexity index is 1240. The van der Waals surface area contributed by atoms with Crippen LogP contribution in [0.3, 0.4) is 0 Å². The molecule has 0 unspecified atom stereocenters. The molecule has 0 spiro atoms. The monoisotopic (exact) mass is 447 g/mol. The molecule has 1 amide bonds. The summed E-state index contributed by atoms with van der Waals surface area (Å²) in [6.45, 7) is 2.10. The summed E-state index contributed by atoms with van der Waals surface area (Å²) in [6, 6.07) is 16.8. The molecule has 4 rings (SSSR count). The number of aromatic nitrogens is 2. The molecule has 8 nitrogen and oxygen atoms in total. The first-order chi connectivity index (χ1) is 16.0. The van der Waals surface area contributed by atoms with Crippen LogP contribution in [0.25, 0.3) is 17.1 Å². The molecule has 170 valence electrons. The molecule has 0 saturated carbocycles. The number of aryl methyl sites for hydroxylation is 1. The van der Waals surface area contributed by atoms with E-state index in [1.54, 1.807) is 44.3 Å². The number of furan rings is 1. The summed E-state index contributed by atoms with van der Waals surface area (Å²) in [5, 5.41) is 7.57. The van der Waals surface area contributed by atoms with Gasteiger partial charge in [0.2, 0.25) is 5.75 Å². The molecule has 1 N–H and O–H groups in total. The molecule has 4 aromatic rings. The van der Waals surface area contributed by atoms with Crippen LogP contribution < -0.4 is 19.5 Å². The molecule has 0 aliphatic heterocycles. The zero-order valence-corrected chi connectivity index (χ0v) is 18.9. The van der Waals surface area contributed by atoms with Gasteiger partial charge < -0.3 is 23.9 Å². The lowest BCUT2D eigenvalue weighted by Crippen LogP contribution is -2.23. The number of carbonyl (C=O) groups is 1. The third-order valence-corrected chi connectivity index (χ3v) is 5.13. The molecule has 0 radical (unpaired) electrons. The lowest BCUT2D eigenvalue weighted by Gasteiger charge is -2.14. The Hall–Kier alpha value is -4.20. The largest absolute Gasteiger partial charge is 0.493 e. The number of methoxy groups -OCH3 is 3. The third-order valence-electron chi connectivity index (χ3n) is 5.13. The van der Waals surface area contributed by atoms with Crippen LogP contribution in [-0.2, 0) is 6.54 Å². The Morgan fingerprint density at radius 3 is 2.27 bits per heavy atom. The van der Waals surface area contributed by atoms with Crippen molar-refractivity contribution in [1.29, 1.82) is 0 Å². The molecule has 0 aliphatic carbocycles. The molecule has 2 aromatic carbocycles. The lowest BCUT2D eigenvalue weighted by atomic mass is 10.1. The van der Waals surface area contributed by atoms with Gasteiger partial charge in [-0.2, -0.15) is 5.10 Å². The fourth-order valence-electron chi connectivity index (χ4n) is 3.51. The van der Waals surface area contributed by atoms with Crippen LogP contribution in [0.1, 0.15) is 21.7 Å². The van der Waals surface area contributed by atoms with Crippen molar-refractivity contribution in [2.45, 2.75) is 13.5 Å². The highest BCUT2D eigenvalue weighted by molar-refractivity contribution is 5.99. The SMILES string of the molecule is COc1cc(CNC(=O)c2cn(-c3ccccc3)nc2-c2ccc(C)o2)cc(OC)c1OC. The normalized spacial score (nSPS) is 10.7. The maximum absolute atomic E-state index is 13.2. The minimum Gasteiger partial charge on any atom is -0.493 e. The highest BCUT2D eigenvalue weighted by Crippen LogP contribution is 2.38. The number of benzene rings is 2. The molecule has 0 fully saturated rings. The fourth-order valence-corrected chi connectivity index (χ4v) is 3.51. The van der Waals surface area contributed by atoms with Crippen molar-refractivity contribution in [3.05, 3.63) is 77.7 Å². The van der Waals surface area contributed by atoms with Gasteiger partial charge in [-0.05, 0) is 48.9 Å². The summed E-state index contributed by atoms with van der Waals surface area (Å²) in [6.07, 6.45) is 1.70. The van der Waals surface area contributed by atoms with E-state index in [0.29, 0.717) is 34.3 Å². The third kappa shape index (κ3) is 4.55. The maximum Gasteiger partial charge on any atom is 0.255 e. The predicted octanol–water partition coefficient (Wildman–Crippen LogP) is 4.40. The van der Waals surface area contributed by atoms with Gasteiger partial charge in [-0.25, -0.2) is 4.68 Å². The van der Waals surface area contributed by atoms with Crippen LogP contribution in [0.5, 0.6) is 17.2 Å². The maximum atomic E-state index is 13.2. The highest BCUT2D eigenvalue weighted by atomic mass is 16.5. The first-order valence-electron chi connectivity index (χ1n) is 10.3. The van der Waals surface area contributed by atoms with E-state index in [2.05, 4.69) is 10.4 Å². The second-order valence-corrected chi connectivity index (χ2v) is 7.30. The molecule has 0 atom stereocenters. The molecule has 2 aromatic heterocycles. The van der Waals surface area contributed by atoms with E-state index < -0.39 is 0 Å². The van der Waals surface area contributed by atoms with E-state index in [-0.39, 0.29) is 12.5 Å². The molecular weight excluding hydrogens is 422 g/mol. The average molecular weight is 447 g/mol. The summed E-state index contributed by atoms with van der Waals surface area (Å²) < 4.78 is 23.6. The van der Waals surface area contributed by atoms with Crippen LogP contribution in [-0.4, -0.2) is 37.0 Å². The summed E-state index contributed by atoms with van der Waals surface area (Å²) in [7, 11) is 4.65. The Kier molecular flexibility index (Phi) is 6.35. The predicted molar refractivity (Wildman–Crippen MR) is 123 cm³/mol. The second kappa shape index (κ2) is 9.52. The van der Waals surface area contributed by atoms with Gasteiger partial charge in [-0.3, -0.25) is 4.79 Å².